The van der Waals surface area contributed by atoms with Gasteiger partial charge >= 0.3 is 0 Å². The van der Waals surface area contributed by atoms with Gasteiger partial charge in [0.25, 0.3) is 0 Å². The normalized spacial score (nSPS) is 10.5. The standard InChI is InChI=1S/C14H22N2O2S/c1-3-8-16(11-14(15)19)9-10-18-13-6-4-12(17-2)5-7-13/h4-7H,3,8-11H2,1-2H3,(H2,15,19). The molecule has 0 aliphatic rings. The Morgan fingerprint density at radius 1 is 1.21 bits per heavy atom. The molecule has 0 aromatic heterocycles. The number of benzene rings is 1. The minimum atomic E-state index is 0.526. The first kappa shape index (κ1) is 15.7. The lowest BCUT2D eigenvalue weighted by Crippen LogP contribution is -2.36. The number of ether oxygens (including phenoxy) is 2. The van der Waals surface area contributed by atoms with Crippen LogP contribution in [0.1, 0.15) is 13.3 Å². The summed E-state index contributed by atoms with van der Waals surface area (Å²) in [6.07, 6.45) is 1.07. The fraction of sp³-hybridized carbons (Fsp3) is 0.500. The van der Waals surface area contributed by atoms with Gasteiger partial charge in [-0.05, 0) is 37.2 Å². The van der Waals surface area contributed by atoms with Crippen molar-refractivity contribution in [3.63, 3.8) is 0 Å². The monoisotopic (exact) mass is 282 g/mol. The predicted octanol–water partition coefficient (Wildman–Crippen LogP) is 2.07. The first-order valence-electron chi connectivity index (χ1n) is 6.43. The van der Waals surface area contributed by atoms with E-state index in [4.69, 9.17) is 27.4 Å². The van der Waals surface area contributed by atoms with Crippen molar-refractivity contribution in [2.24, 2.45) is 5.73 Å². The van der Waals surface area contributed by atoms with Crippen molar-refractivity contribution in [3.8, 4) is 11.5 Å². The number of hydrogen-bond donors (Lipinski definition) is 1. The number of nitrogens with zero attached hydrogens (tertiary/aromatic N) is 1. The van der Waals surface area contributed by atoms with E-state index in [9.17, 15) is 0 Å². The van der Waals surface area contributed by atoms with E-state index in [2.05, 4.69) is 11.8 Å². The van der Waals surface area contributed by atoms with E-state index in [0.29, 0.717) is 18.1 Å². The lowest BCUT2D eigenvalue weighted by molar-refractivity contribution is 0.227. The van der Waals surface area contributed by atoms with Crippen molar-refractivity contribution < 1.29 is 9.47 Å². The van der Waals surface area contributed by atoms with E-state index in [1.54, 1.807) is 7.11 Å². The van der Waals surface area contributed by atoms with E-state index in [1.807, 2.05) is 24.3 Å². The van der Waals surface area contributed by atoms with E-state index in [0.717, 1.165) is 31.0 Å². The lowest BCUT2D eigenvalue weighted by atomic mass is 10.3. The van der Waals surface area contributed by atoms with Gasteiger partial charge < -0.3 is 15.2 Å². The van der Waals surface area contributed by atoms with Crippen molar-refractivity contribution in [1.29, 1.82) is 0 Å². The fourth-order valence-corrected chi connectivity index (χ4v) is 1.95. The van der Waals surface area contributed by atoms with Crippen LogP contribution >= 0.6 is 12.2 Å². The van der Waals surface area contributed by atoms with Gasteiger partial charge in [-0.1, -0.05) is 19.1 Å². The first-order valence-corrected chi connectivity index (χ1v) is 6.84. The fourth-order valence-electron chi connectivity index (χ4n) is 1.77. The van der Waals surface area contributed by atoms with Gasteiger partial charge in [0.2, 0.25) is 0 Å². The molecule has 0 fully saturated rings. The molecule has 2 N–H and O–H groups in total. The average Bonchev–Trinajstić information content (AvgIpc) is 2.39. The highest BCUT2D eigenvalue weighted by Gasteiger charge is 2.05. The molecule has 0 aliphatic heterocycles. The maximum Gasteiger partial charge on any atom is 0.119 e. The Hall–Kier alpha value is -1.33. The number of rotatable bonds is 9. The summed E-state index contributed by atoms with van der Waals surface area (Å²) in [4.78, 5) is 2.73. The molecule has 0 radical (unpaired) electrons. The van der Waals surface area contributed by atoms with Crippen LogP contribution in [0.2, 0.25) is 0 Å². The summed E-state index contributed by atoms with van der Waals surface area (Å²) < 4.78 is 10.8. The summed E-state index contributed by atoms with van der Waals surface area (Å²) in [5.74, 6) is 1.67. The molecule has 4 nitrogen and oxygen atoms in total. The first-order chi connectivity index (χ1) is 9.15. The summed E-state index contributed by atoms with van der Waals surface area (Å²) in [6.45, 7) is 5.20. The smallest absolute Gasteiger partial charge is 0.119 e. The Morgan fingerprint density at radius 3 is 2.37 bits per heavy atom. The average molecular weight is 282 g/mol. The maximum absolute atomic E-state index is 5.68. The molecule has 1 aromatic carbocycles. The molecule has 0 amide bonds. The number of hydrogen-bond acceptors (Lipinski definition) is 4. The lowest BCUT2D eigenvalue weighted by Gasteiger charge is -2.20. The van der Waals surface area contributed by atoms with Gasteiger partial charge in [0.05, 0.1) is 12.1 Å². The van der Waals surface area contributed by atoms with Crippen molar-refractivity contribution in [1.82, 2.24) is 4.90 Å². The molecular formula is C14H22N2O2S. The van der Waals surface area contributed by atoms with Gasteiger partial charge in [-0.3, -0.25) is 4.90 Å². The zero-order chi connectivity index (χ0) is 14.1. The topological polar surface area (TPSA) is 47.7 Å². The second-order valence-electron chi connectivity index (χ2n) is 4.27. The third kappa shape index (κ3) is 6.40. The zero-order valence-electron chi connectivity index (χ0n) is 11.6. The predicted molar refractivity (Wildman–Crippen MR) is 82.0 cm³/mol. The highest BCUT2D eigenvalue weighted by molar-refractivity contribution is 7.80. The molecule has 5 heteroatoms. The highest BCUT2D eigenvalue weighted by atomic mass is 32.1. The highest BCUT2D eigenvalue weighted by Crippen LogP contribution is 2.16. The van der Waals surface area contributed by atoms with Gasteiger partial charge in [-0.15, -0.1) is 0 Å². The maximum atomic E-state index is 5.68. The van der Waals surface area contributed by atoms with Crippen molar-refractivity contribution in [2.75, 3.05) is 33.4 Å². The summed E-state index contributed by atoms with van der Waals surface area (Å²) in [5.41, 5.74) is 5.57. The number of methoxy groups -OCH3 is 1. The second-order valence-corrected chi connectivity index (χ2v) is 4.79. The van der Waals surface area contributed by atoms with Crippen LogP contribution in [0.25, 0.3) is 0 Å². The van der Waals surface area contributed by atoms with Crippen LogP contribution in [0.15, 0.2) is 24.3 Å². The zero-order valence-corrected chi connectivity index (χ0v) is 12.4. The Balaban J connectivity index is 2.35. The molecule has 0 heterocycles. The van der Waals surface area contributed by atoms with Gasteiger partial charge in [-0.2, -0.15) is 0 Å². The summed E-state index contributed by atoms with van der Waals surface area (Å²) >= 11 is 4.94. The van der Waals surface area contributed by atoms with E-state index in [1.165, 1.54) is 0 Å². The molecule has 0 bridgehead atoms. The van der Waals surface area contributed by atoms with Crippen molar-refractivity contribution >= 4 is 17.2 Å². The van der Waals surface area contributed by atoms with Gasteiger partial charge in [-0.25, -0.2) is 0 Å². The Bertz CT molecular complexity index is 382. The van der Waals surface area contributed by atoms with E-state index in [-0.39, 0.29) is 0 Å². The largest absolute Gasteiger partial charge is 0.497 e. The summed E-state index contributed by atoms with van der Waals surface area (Å²) in [6, 6.07) is 7.56. The molecule has 106 valence electrons. The van der Waals surface area contributed by atoms with E-state index >= 15 is 0 Å². The third-order valence-corrected chi connectivity index (χ3v) is 2.78. The molecule has 0 aliphatic carbocycles. The van der Waals surface area contributed by atoms with Crippen LogP contribution in [0.5, 0.6) is 11.5 Å². The Labute approximate surface area is 120 Å². The number of thiocarbonyl (C=S) groups is 1. The molecule has 0 atom stereocenters. The van der Waals surface area contributed by atoms with Crippen LogP contribution in [0.4, 0.5) is 0 Å². The van der Waals surface area contributed by atoms with Gasteiger partial charge in [0.1, 0.15) is 18.1 Å². The van der Waals surface area contributed by atoms with Crippen molar-refractivity contribution in [2.45, 2.75) is 13.3 Å². The Kier molecular flexibility index (Phi) is 7.22. The van der Waals surface area contributed by atoms with Gasteiger partial charge in [0.15, 0.2) is 0 Å². The van der Waals surface area contributed by atoms with Gasteiger partial charge in [0, 0.05) is 13.1 Å². The van der Waals surface area contributed by atoms with Crippen LogP contribution in [-0.2, 0) is 0 Å². The summed E-state index contributed by atoms with van der Waals surface area (Å²) in [5, 5.41) is 0. The van der Waals surface area contributed by atoms with Crippen LogP contribution in [0.3, 0.4) is 0 Å². The molecule has 1 aromatic rings. The SMILES string of the molecule is CCCN(CCOc1ccc(OC)cc1)CC(N)=S. The second kappa shape index (κ2) is 8.72. The minimum absolute atomic E-state index is 0.526. The molecule has 0 unspecified atom stereocenters. The van der Waals surface area contributed by atoms with Crippen LogP contribution < -0.4 is 15.2 Å². The van der Waals surface area contributed by atoms with Crippen molar-refractivity contribution in [3.05, 3.63) is 24.3 Å². The minimum Gasteiger partial charge on any atom is -0.497 e. The molecule has 0 saturated heterocycles. The molecule has 19 heavy (non-hydrogen) atoms. The quantitative estimate of drug-likeness (QED) is 0.703. The number of nitrogens with two attached hydrogens (primary N) is 1. The summed E-state index contributed by atoms with van der Waals surface area (Å²) in [7, 11) is 1.65. The van der Waals surface area contributed by atoms with Crippen LogP contribution in [-0.4, -0.2) is 43.2 Å². The Morgan fingerprint density at radius 2 is 1.84 bits per heavy atom. The van der Waals surface area contributed by atoms with Crippen LogP contribution in [0, 0.1) is 0 Å². The molecule has 1 rings (SSSR count). The third-order valence-electron chi connectivity index (χ3n) is 2.65. The molecule has 0 saturated carbocycles. The molecular weight excluding hydrogens is 260 g/mol. The molecule has 0 spiro atoms. The van der Waals surface area contributed by atoms with E-state index < -0.39 is 0 Å².